The topological polar surface area (TPSA) is 77.5 Å². The lowest BCUT2D eigenvalue weighted by Gasteiger charge is -1.99. The van der Waals surface area contributed by atoms with Crippen molar-refractivity contribution in [3.63, 3.8) is 0 Å². The second-order valence-corrected chi connectivity index (χ2v) is 6.24. The van der Waals surface area contributed by atoms with E-state index in [-0.39, 0.29) is 11.6 Å². The lowest BCUT2D eigenvalue weighted by atomic mass is 10.2. The van der Waals surface area contributed by atoms with Crippen molar-refractivity contribution in [1.82, 2.24) is 4.57 Å². The number of non-ortho nitro benzene ring substituents is 1. The number of hydrogen-bond acceptors (Lipinski definition) is 4. The van der Waals surface area contributed by atoms with Gasteiger partial charge in [0.05, 0.1) is 15.1 Å². The van der Waals surface area contributed by atoms with Gasteiger partial charge in [0.2, 0.25) is 0 Å². The van der Waals surface area contributed by atoms with Gasteiger partial charge in [0.25, 0.3) is 11.6 Å². The molecular formula is C18H15N3O3S. The molecule has 3 rings (SSSR count). The molecule has 0 radical (unpaired) electrons. The molecule has 0 aliphatic heterocycles. The van der Waals surface area contributed by atoms with E-state index in [1.165, 1.54) is 29.5 Å². The smallest absolute Gasteiger partial charge is 0.272 e. The number of rotatable bonds is 4. The summed E-state index contributed by atoms with van der Waals surface area (Å²) in [5, 5.41) is 10.9. The van der Waals surface area contributed by atoms with Crippen LogP contribution in [0.15, 0.2) is 59.6 Å². The highest BCUT2D eigenvalue weighted by Crippen LogP contribution is 2.23. The number of aryl methyl sites for hydroxylation is 1. The monoisotopic (exact) mass is 353 g/mol. The Morgan fingerprint density at radius 1 is 1.28 bits per heavy atom. The van der Waals surface area contributed by atoms with Gasteiger partial charge in [0.15, 0.2) is 4.80 Å². The van der Waals surface area contributed by atoms with Crippen LogP contribution >= 0.6 is 11.3 Å². The summed E-state index contributed by atoms with van der Waals surface area (Å²) in [6.07, 6.45) is 3.13. The molecule has 0 N–H and O–H groups in total. The summed E-state index contributed by atoms with van der Waals surface area (Å²) in [5.41, 5.74) is 1.77. The number of carbonyl (C=O) groups is 1. The van der Waals surface area contributed by atoms with E-state index in [1.54, 1.807) is 12.1 Å². The van der Waals surface area contributed by atoms with Crippen LogP contribution in [0.2, 0.25) is 0 Å². The van der Waals surface area contributed by atoms with E-state index in [9.17, 15) is 14.9 Å². The van der Waals surface area contributed by atoms with Crippen molar-refractivity contribution in [1.29, 1.82) is 0 Å². The summed E-state index contributed by atoms with van der Waals surface area (Å²) in [6.45, 7) is 2.56. The maximum absolute atomic E-state index is 12.1. The first-order chi connectivity index (χ1) is 12.1. The van der Waals surface area contributed by atoms with Crippen LogP contribution in [-0.2, 0) is 11.3 Å². The summed E-state index contributed by atoms with van der Waals surface area (Å²) in [6, 6.07) is 14.2. The first kappa shape index (κ1) is 16.8. The van der Waals surface area contributed by atoms with Gasteiger partial charge in [-0.2, -0.15) is 4.99 Å². The molecular weight excluding hydrogens is 338 g/mol. The molecule has 0 spiro atoms. The third kappa shape index (κ3) is 3.72. The highest BCUT2D eigenvalue weighted by Gasteiger charge is 2.11. The van der Waals surface area contributed by atoms with Crippen molar-refractivity contribution >= 4 is 39.2 Å². The van der Waals surface area contributed by atoms with Gasteiger partial charge >= 0.3 is 0 Å². The summed E-state index contributed by atoms with van der Waals surface area (Å²) >= 11 is 1.27. The van der Waals surface area contributed by atoms with Crippen LogP contribution in [0, 0.1) is 10.1 Å². The lowest BCUT2D eigenvalue weighted by molar-refractivity contribution is -0.384. The van der Waals surface area contributed by atoms with Crippen molar-refractivity contribution in [2.45, 2.75) is 13.5 Å². The zero-order chi connectivity index (χ0) is 17.8. The molecule has 0 saturated heterocycles. The van der Waals surface area contributed by atoms with Crippen molar-refractivity contribution < 1.29 is 9.72 Å². The number of nitrogens with zero attached hydrogens (tertiary/aromatic N) is 3. The van der Waals surface area contributed by atoms with Crippen molar-refractivity contribution in [3.05, 3.63) is 75.1 Å². The Morgan fingerprint density at radius 3 is 2.72 bits per heavy atom. The summed E-state index contributed by atoms with van der Waals surface area (Å²) in [4.78, 5) is 27.3. The number of nitro benzene ring substituents is 1. The van der Waals surface area contributed by atoms with Gasteiger partial charge in [-0.25, -0.2) is 0 Å². The number of amides is 1. The predicted octanol–water partition coefficient (Wildman–Crippen LogP) is 3.77. The Bertz CT molecular complexity index is 1030. The Hall–Kier alpha value is -3.06. The molecule has 25 heavy (non-hydrogen) atoms. The number of carbonyl (C=O) groups excluding carboxylic acids is 1. The first-order valence-electron chi connectivity index (χ1n) is 7.68. The van der Waals surface area contributed by atoms with Crippen molar-refractivity contribution in [2.24, 2.45) is 4.99 Å². The molecule has 0 fully saturated rings. The van der Waals surface area contributed by atoms with Gasteiger partial charge < -0.3 is 4.57 Å². The number of benzene rings is 2. The van der Waals surface area contributed by atoms with Crippen LogP contribution in [0.25, 0.3) is 16.3 Å². The molecule has 0 bridgehead atoms. The van der Waals surface area contributed by atoms with E-state index in [4.69, 9.17) is 0 Å². The van der Waals surface area contributed by atoms with Crippen LogP contribution < -0.4 is 4.80 Å². The largest absolute Gasteiger partial charge is 0.317 e. The first-order valence-corrected chi connectivity index (χ1v) is 8.49. The second-order valence-electron chi connectivity index (χ2n) is 5.23. The number of hydrogen-bond donors (Lipinski definition) is 0. The highest BCUT2D eigenvalue weighted by atomic mass is 32.1. The molecule has 3 aromatic rings. The molecule has 126 valence electrons. The predicted molar refractivity (Wildman–Crippen MR) is 98.2 cm³/mol. The van der Waals surface area contributed by atoms with E-state index >= 15 is 0 Å². The maximum Gasteiger partial charge on any atom is 0.272 e. The molecule has 1 amide bonds. The second kappa shape index (κ2) is 7.23. The molecule has 0 unspecified atom stereocenters. The fourth-order valence-corrected chi connectivity index (χ4v) is 3.56. The minimum atomic E-state index is -0.431. The third-order valence-electron chi connectivity index (χ3n) is 3.62. The summed E-state index contributed by atoms with van der Waals surface area (Å²) < 4.78 is 2.60. The number of fused-ring (bicyclic) bond motifs is 1. The highest BCUT2D eigenvalue weighted by molar-refractivity contribution is 7.16. The molecule has 1 heterocycles. The normalized spacial score (nSPS) is 12.1. The zero-order valence-electron chi connectivity index (χ0n) is 13.5. The number of aromatic nitrogens is 1. The third-order valence-corrected chi connectivity index (χ3v) is 4.66. The average Bonchev–Trinajstić information content (AvgIpc) is 2.96. The number of thiazole rings is 1. The van der Waals surface area contributed by atoms with E-state index in [1.807, 2.05) is 41.8 Å². The van der Waals surface area contributed by atoms with Gasteiger partial charge in [-0.05, 0) is 24.6 Å². The number of nitro groups is 1. The molecule has 0 aliphatic carbocycles. The Morgan fingerprint density at radius 2 is 2.04 bits per heavy atom. The SMILES string of the molecule is CCn1c(=NC(=O)C=Cc2ccccc2)sc2cc([N+](=O)[O-])ccc21. The minimum Gasteiger partial charge on any atom is -0.317 e. The van der Waals surface area contributed by atoms with Crippen LogP contribution in [0.1, 0.15) is 12.5 Å². The summed E-state index contributed by atoms with van der Waals surface area (Å²) in [5.74, 6) is -0.368. The minimum absolute atomic E-state index is 0.0267. The maximum atomic E-state index is 12.1. The quantitative estimate of drug-likeness (QED) is 0.407. The lowest BCUT2D eigenvalue weighted by Crippen LogP contribution is -2.15. The standard InChI is InChI=1S/C18H15N3O3S/c1-2-20-15-10-9-14(21(23)24)12-16(15)25-18(20)19-17(22)11-8-13-6-4-3-5-7-13/h3-12H,2H2,1H3. The van der Waals surface area contributed by atoms with Crippen LogP contribution in [0.4, 0.5) is 5.69 Å². The summed E-state index contributed by atoms with van der Waals surface area (Å²) in [7, 11) is 0. The Kier molecular flexibility index (Phi) is 4.85. The molecule has 0 aliphatic rings. The molecule has 0 atom stereocenters. The van der Waals surface area contributed by atoms with Crippen LogP contribution in [0.3, 0.4) is 0 Å². The Balaban J connectivity index is 1.99. The van der Waals surface area contributed by atoms with E-state index in [0.717, 1.165) is 15.8 Å². The van der Waals surface area contributed by atoms with Gasteiger partial charge in [-0.15, -0.1) is 0 Å². The zero-order valence-corrected chi connectivity index (χ0v) is 14.3. The van der Waals surface area contributed by atoms with Crippen molar-refractivity contribution in [3.8, 4) is 0 Å². The average molecular weight is 353 g/mol. The van der Waals surface area contributed by atoms with Gasteiger partial charge in [-0.3, -0.25) is 14.9 Å². The van der Waals surface area contributed by atoms with Gasteiger partial charge in [0, 0.05) is 24.8 Å². The molecule has 2 aromatic carbocycles. The van der Waals surface area contributed by atoms with Crippen molar-refractivity contribution in [2.75, 3.05) is 0 Å². The fraction of sp³-hybridized carbons (Fsp3) is 0.111. The van der Waals surface area contributed by atoms with Gasteiger partial charge in [0.1, 0.15) is 0 Å². The Labute approximate surface area is 147 Å². The van der Waals surface area contributed by atoms with E-state index in [0.29, 0.717) is 11.3 Å². The van der Waals surface area contributed by atoms with Gasteiger partial charge in [-0.1, -0.05) is 41.7 Å². The van der Waals surface area contributed by atoms with Crippen LogP contribution in [0.5, 0.6) is 0 Å². The van der Waals surface area contributed by atoms with E-state index in [2.05, 4.69) is 4.99 Å². The fourth-order valence-electron chi connectivity index (χ4n) is 2.43. The molecule has 6 nitrogen and oxygen atoms in total. The van der Waals surface area contributed by atoms with E-state index < -0.39 is 4.92 Å². The molecule has 7 heteroatoms. The molecule has 0 saturated carbocycles. The molecule has 1 aromatic heterocycles. The van der Waals surface area contributed by atoms with Crippen LogP contribution in [-0.4, -0.2) is 15.4 Å².